The van der Waals surface area contributed by atoms with Crippen LogP contribution < -0.4 is 15.6 Å². The highest BCUT2D eigenvalue weighted by molar-refractivity contribution is 5.93. The molecular formula is C9H14N3O+. The van der Waals surface area contributed by atoms with E-state index < -0.39 is 5.91 Å². The third-order valence-corrected chi connectivity index (χ3v) is 2.00. The second-order valence-corrected chi connectivity index (χ2v) is 2.98. The normalized spacial score (nSPS) is 9.77. The number of nitrogens with two attached hydrogens (primary N) is 1. The van der Waals surface area contributed by atoms with Gasteiger partial charge in [0.25, 0.3) is 11.7 Å². The maximum absolute atomic E-state index is 11.0. The molecule has 13 heavy (non-hydrogen) atoms. The minimum atomic E-state index is -0.393. The van der Waals surface area contributed by atoms with E-state index in [0.29, 0.717) is 5.56 Å². The minimum absolute atomic E-state index is 0.393. The molecule has 1 amide bonds. The summed E-state index contributed by atoms with van der Waals surface area (Å²) in [6.45, 7) is 1.86. The van der Waals surface area contributed by atoms with Crippen molar-refractivity contribution in [1.82, 2.24) is 0 Å². The first-order valence-electron chi connectivity index (χ1n) is 4.04. The van der Waals surface area contributed by atoms with Crippen LogP contribution >= 0.6 is 0 Å². The van der Waals surface area contributed by atoms with E-state index in [1.54, 1.807) is 6.20 Å². The van der Waals surface area contributed by atoms with Crippen molar-refractivity contribution in [3.8, 4) is 0 Å². The Balaban J connectivity index is 3.28. The van der Waals surface area contributed by atoms with E-state index in [0.717, 1.165) is 11.4 Å². The highest BCUT2D eigenvalue weighted by atomic mass is 16.1. The van der Waals surface area contributed by atoms with Gasteiger partial charge in [-0.15, -0.1) is 0 Å². The Bertz CT molecular complexity index is 347. The lowest BCUT2D eigenvalue weighted by Crippen LogP contribution is -2.34. The number of rotatable bonds is 2. The monoisotopic (exact) mass is 180 g/mol. The molecule has 4 heteroatoms. The van der Waals surface area contributed by atoms with Crippen molar-refractivity contribution >= 4 is 11.7 Å². The lowest BCUT2D eigenvalue weighted by molar-refractivity contribution is -0.657. The highest BCUT2D eigenvalue weighted by Gasteiger charge is 2.11. The first-order valence-corrected chi connectivity index (χ1v) is 4.04. The first kappa shape index (κ1) is 9.51. The third kappa shape index (κ3) is 1.77. The zero-order valence-corrected chi connectivity index (χ0v) is 8.09. The van der Waals surface area contributed by atoms with Gasteiger partial charge in [-0.1, -0.05) is 0 Å². The van der Waals surface area contributed by atoms with E-state index >= 15 is 0 Å². The first-order chi connectivity index (χ1) is 6.06. The number of amides is 1. The van der Waals surface area contributed by atoms with Gasteiger partial charge in [-0.25, -0.2) is 4.57 Å². The molecule has 1 aromatic rings. The van der Waals surface area contributed by atoms with Crippen LogP contribution in [0.15, 0.2) is 12.3 Å². The number of nitrogens with one attached hydrogen (secondary N) is 1. The Morgan fingerprint density at radius 1 is 1.62 bits per heavy atom. The van der Waals surface area contributed by atoms with Gasteiger partial charge < -0.3 is 5.73 Å². The number of pyridine rings is 1. The van der Waals surface area contributed by atoms with Crippen molar-refractivity contribution in [3.63, 3.8) is 0 Å². The molecule has 1 rings (SSSR count). The van der Waals surface area contributed by atoms with Crippen LogP contribution in [0.5, 0.6) is 0 Å². The van der Waals surface area contributed by atoms with Gasteiger partial charge in [-0.2, -0.15) is 0 Å². The molecule has 0 spiro atoms. The van der Waals surface area contributed by atoms with Crippen molar-refractivity contribution in [1.29, 1.82) is 0 Å². The molecule has 70 valence electrons. The van der Waals surface area contributed by atoms with Gasteiger partial charge in [-0.3, -0.25) is 10.1 Å². The van der Waals surface area contributed by atoms with E-state index in [2.05, 4.69) is 5.32 Å². The largest absolute Gasteiger partial charge is 0.365 e. The molecule has 0 saturated heterocycles. The Morgan fingerprint density at radius 2 is 2.23 bits per heavy atom. The minimum Gasteiger partial charge on any atom is -0.365 e. The van der Waals surface area contributed by atoms with Crippen molar-refractivity contribution in [2.24, 2.45) is 12.8 Å². The van der Waals surface area contributed by atoms with Crippen molar-refractivity contribution < 1.29 is 9.36 Å². The molecule has 0 radical (unpaired) electrons. The maximum atomic E-state index is 11.0. The van der Waals surface area contributed by atoms with Crippen LogP contribution in [-0.2, 0) is 7.05 Å². The number of hydrogen-bond acceptors (Lipinski definition) is 2. The molecule has 0 fully saturated rings. The summed E-state index contributed by atoms with van der Waals surface area (Å²) in [7, 11) is 3.69. The number of anilines is 1. The van der Waals surface area contributed by atoms with Crippen molar-refractivity contribution in [2.45, 2.75) is 6.92 Å². The van der Waals surface area contributed by atoms with Crippen LogP contribution in [0.4, 0.5) is 5.82 Å². The Kier molecular flexibility index (Phi) is 2.51. The van der Waals surface area contributed by atoms with Gasteiger partial charge in [0.2, 0.25) is 0 Å². The number of aromatic nitrogens is 1. The van der Waals surface area contributed by atoms with E-state index in [-0.39, 0.29) is 0 Å². The number of hydrogen-bond donors (Lipinski definition) is 2. The fraction of sp³-hybridized carbons (Fsp3) is 0.333. The molecular weight excluding hydrogens is 166 g/mol. The summed E-state index contributed by atoms with van der Waals surface area (Å²) < 4.78 is 1.83. The van der Waals surface area contributed by atoms with Crippen LogP contribution in [0, 0.1) is 6.92 Å². The molecule has 1 heterocycles. The fourth-order valence-corrected chi connectivity index (χ4v) is 1.26. The Hall–Kier alpha value is -1.58. The summed E-state index contributed by atoms with van der Waals surface area (Å²) in [6, 6.07) is 1.89. The predicted octanol–water partition coefficient (Wildman–Crippen LogP) is -0.0399. The number of carbonyl (C=O) groups excluding carboxylic acids is 1. The van der Waals surface area contributed by atoms with Crippen LogP contribution in [-0.4, -0.2) is 13.0 Å². The number of nitrogens with zero attached hydrogens (tertiary/aromatic N) is 1. The topological polar surface area (TPSA) is 59.0 Å². The van der Waals surface area contributed by atoms with Gasteiger partial charge in [-0.05, 0) is 12.5 Å². The molecule has 0 atom stereocenters. The molecule has 1 aromatic heterocycles. The molecule has 0 aliphatic heterocycles. The van der Waals surface area contributed by atoms with Crippen LogP contribution in [0.25, 0.3) is 0 Å². The van der Waals surface area contributed by atoms with Gasteiger partial charge in [0.05, 0.1) is 19.7 Å². The van der Waals surface area contributed by atoms with Crippen LogP contribution in [0.1, 0.15) is 15.9 Å². The standard InChI is InChI=1S/C9H13N3O/c1-6-4-8(11-2)12(3)5-7(6)9(10)13/h4-5H,1-3H3,(H2,10,13)/p+1. The number of carbonyl (C=O) groups is 1. The van der Waals surface area contributed by atoms with E-state index in [4.69, 9.17) is 5.73 Å². The quantitative estimate of drug-likeness (QED) is 0.627. The molecule has 0 saturated carbocycles. The smallest absolute Gasteiger partial charge is 0.274 e. The molecule has 0 bridgehead atoms. The van der Waals surface area contributed by atoms with E-state index in [1.807, 2.05) is 31.7 Å². The Labute approximate surface area is 77.4 Å². The maximum Gasteiger partial charge on any atom is 0.274 e. The van der Waals surface area contributed by atoms with E-state index in [1.165, 1.54) is 0 Å². The fourth-order valence-electron chi connectivity index (χ4n) is 1.26. The molecule has 3 N–H and O–H groups in total. The lowest BCUT2D eigenvalue weighted by atomic mass is 10.1. The van der Waals surface area contributed by atoms with Gasteiger partial charge in [0, 0.05) is 6.07 Å². The molecule has 0 aliphatic carbocycles. The van der Waals surface area contributed by atoms with Crippen LogP contribution in [0.3, 0.4) is 0 Å². The van der Waals surface area contributed by atoms with Crippen molar-refractivity contribution in [2.75, 3.05) is 12.4 Å². The highest BCUT2D eigenvalue weighted by Crippen LogP contribution is 2.08. The average Bonchev–Trinajstić information content (AvgIpc) is 2.07. The third-order valence-electron chi connectivity index (χ3n) is 2.00. The van der Waals surface area contributed by atoms with Gasteiger partial charge in [0.15, 0.2) is 0 Å². The van der Waals surface area contributed by atoms with Crippen LogP contribution in [0.2, 0.25) is 0 Å². The second kappa shape index (κ2) is 3.43. The molecule has 0 aliphatic rings. The zero-order valence-electron chi connectivity index (χ0n) is 8.09. The van der Waals surface area contributed by atoms with Crippen molar-refractivity contribution in [3.05, 3.63) is 23.4 Å². The average molecular weight is 180 g/mol. The second-order valence-electron chi connectivity index (χ2n) is 2.98. The van der Waals surface area contributed by atoms with Gasteiger partial charge >= 0.3 is 0 Å². The zero-order chi connectivity index (χ0) is 10.0. The summed E-state index contributed by atoms with van der Waals surface area (Å²) in [5, 5.41) is 3.01. The summed E-state index contributed by atoms with van der Waals surface area (Å²) in [5.41, 5.74) is 6.64. The van der Waals surface area contributed by atoms with E-state index in [9.17, 15) is 4.79 Å². The summed E-state index contributed by atoms with van der Waals surface area (Å²) in [5.74, 6) is 0.554. The number of aryl methyl sites for hydroxylation is 2. The number of primary amides is 1. The summed E-state index contributed by atoms with van der Waals surface area (Å²) in [6.07, 6.45) is 1.73. The molecule has 0 aromatic carbocycles. The SMILES string of the molecule is CNc1cc(C)c(C(N)=O)c[n+]1C. The Morgan fingerprint density at radius 3 is 2.69 bits per heavy atom. The summed E-state index contributed by atoms with van der Waals surface area (Å²) >= 11 is 0. The lowest BCUT2D eigenvalue weighted by Gasteiger charge is -2.04. The summed E-state index contributed by atoms with van der Waals surface area (Å²) in [4.78, 5) is 11.0. The molecule has 4 nitrogen and oxygen atoms in total. The van der Waals surface area contributed by atoms with Gasteiger partial charge in [0.1, 0.15) is 6.20 Å². The molecule has 0 unspecified atom stereocenters. The predicted molar refractivity (Wildman–Crippen MR) is 50.4 cm³/mol.